The van der Waals surface area contributed by atoms with Crippen molar-refractivity contribution in [2.45, 2.75) is 33.1 Å². The van der Waals surface area contributed by atoms with Crippen molar-refractivity contribution in [3.8, 4) is 6.07 Å². The molecule has 0 bridgehead atoms. The second-order valence-corrected chi connectivity index (χ2v) is 5.04. The van der Waals surface area contributed by atoms with Crippen LogP contribution in [0.15, 0.2) is 0 Å². The number of nitrogens with zero attached hydrogens (tertiary/aromatic N) is 1. The van der Waals surface area contributed by atoms with Gasteiger partial charge in [-0.2, -0.15) is 5.26 Å². The maximum absolute atomic E-state index is 12.0. The van der Waals surface area contributed by atoms with E-state index in [1.165, 1.54) is 19.3 Å². The summed E-state index contributed by atoms with van der Waals surface area (Å²) in [4.78, 5) is 12.0. The highest BCUT2D eigenvalue weighted by atomic mass is 16.1. The summed E-state index contributed by atoms with van der Waals surface area (Å²) in [5, 5.41) is 8.94. The second-order valence-electron chi connectivity index (χ2n) is 5.04. The lowest BCUT2D eigenvalue weighted by Crippen LogP contribution is -2.21. The third-order valence-corrected chi connectivity index (χ3v) is 3.85. The minimum atomic E-state index is -0.356. The fraction of sp³-hybridized carbons (Fsp3) is 0.833. The molecule has 0 aliphatic heterocycles. The molecule has 0 amide bonds. The fourth-order valence-electron chi connectivity index (χ4n) is 2.99. The molecule has 0 spiro atoms. The Hall–Kier alpha value is -0.840. The fourth-order valence-corrected chi connectivity index (χ4v) is 2.99. The Morgan fingerprint density at radius 3 is 2.36 bits per heavy atom. The first-order valence-corrected chi connectivity index (χ1v) is 5.60. The van der Waals surface area contributed by atoms with Gasteiger partial charge in [0.2, 0.25) is 0 Å². The third-order valence-electron chi connectivity index (χ3n) is 3.85. The van der Waals surface area contributed by atoms with Crippen molar-refractivity contribution < 1.29 is 4.79 Å². The SMILES string of the molecule is CC(C)C(C#N)C(=O)C1C2CCCC21. The minimum absolute atomic E-state index is 0.175. The van der Waals surface area contributed by atoms with Crippen molar-refractivity contribution in [2.24, 2.45) is 29.6 Å². The summed E-state index contributed by atoms with van der Waals surface area (Å²) in [5.74, 6) is 1.61. The lowest BCUT2D eigenvalue weighted by molar-refractivity contribution is -0.124. The van der Waals surface area contributed by atoms with Crippen LogP contribution in [0.25, 0.3) is 0 Å². The van der Waals surface area contributed by atoms with E-state index in [0.717, 1.165) is 0 Å². The second kappa shape index (κ2) is 3.38. The van der Waals surface area contributed by atoms with E-state index < -0.39 is 0 Å². The summed E-state index contributed by atoms with van der Waals surface area (Å²) in [6, 6.07) is 2.16. The molecule has 0 aromatic rings. The lowest BCUT2D eigenvalue weighted by atomic mass is 9.88. The van der Waals surface area contributed by atoms with Crippen LogP contribution in [0.2, 0.25) is 0 Å². The number of Topliss-reactive ketones (excluding diaryl/α,β-unsaturated/α-hetero) is 1. The molecule has 3 atom stereocenters. The van der Waals surface area contributed by atoms with Gasteiger partial charge in [-0.25, -0.2) is 0 Å². The molecular formula is C12H17NO. The zero-order valence-corrected chi connectivity index (χ0v) is 8.86. The van der Waals surface area contributed by atoms with Gasteiger partial charge >= 0.3 is 0 Å². The van der Waals surface area contributed by atoms with E-state index in [9.17, 15) is 4.79 Å². The smallest absolute Gasteiger partial charge is 0.153 e. The Kier molecular flexibility index (Phi) is 2.34. The Labute approximate surface area is 85.3 Å². The molecule has 0 aromatic carbocycles. The lowest BCUT2D eigenvalue weighted by Gasteiger charge is -2.12. The van der Waals surface area contributed by atoms with Gasteiger partial charge in [0.25, 0.3) is 0 Å². The number of hydrogen-bond acceptors (Lipinski definition) is 2. The maximum Gasteiger partial charge on any atom is 0.153 e. The van der Waals surface area contributed by atoms with Crippen LogP contribution >= 0.6 is 0 Å². The van der Waals surface area contributed by atoms with Crippen LogP contribution in [0.1, 0.15) is 33.1 Å². The van der Waals surface area contributed by atoms with E-state index in [0.29, 0.717) is 11.8 Å². The Morgan fingerprint density at radius 1 is 1.36 bits per heavy atom. The molecule has 0 N–H and O–H groups in total. The third kappa shape index (κ3) is 1.35. The molecule has 76 valence electrons. The van der Waals surface area contributed by atoms with Crippen LogP contribution in [0.5, 0.6) is 0 Å². The molecule has 3 unspecified atom stereocenters. The molecule has 0 aromatic heterocycles. The number of rotatable bonds is 3. The highest BCUT2D eigenvalue weighted by Gasteiger charge is 2.57. The molecule has 0 radical (unpaired) electrons. The highest BCUT2D eigenvalue weighted by Crippen LogP contribution is 2.58. The molecule has 14 heavy (non-hydrogen) atoms. The summed E-state index contributed by atoms with van der Waals surface area (Å²) in [6.45, 7) is 3.92. The van der Waals surface area contributed by atoms with E-state index in [4.69, 9.17) is 5.26 Å². The van der Waals surface area contributed by atoms with Crippen LogP contribution in [0.4, 0.5) is 0 Å². The molecule has 2 nitrogen and oxygen atoms in total. The number of nitriles is 1. The zero-order valence-electron chi connectivity index (χ0n) is 8.86. The number of ketones is 1. The van der Waals surface area contributed by atoms with Crippen LogP contribution in [-0.4, -0.2) is 5.78 Å². The van der Waals surface area contributed by atoms with Crippen molar-refractivity contribution >= 4 is 5.78 Å². The van der Waals surface area contributed by atoms with Gasteiger partial charge in [0.1, 0.15) is 5.92 Å². The topological polar surface area (TPSA) is 40.9 Å². The van der Waals surface area contributed by atoms with Crippen LogP contribution in [0.3, 0.4) is 0 Å². The van der Waals surface area contributed by atoms with E-state index >= 15 is 0 Å². The molecular weight excluding hydrogens is 174 g/mol. The molecule has 2 saturated carbocycles. The largest absolute Gasteiger partial charge is 0.298 e. The highest BCUT2D eigenvalue weighted by molar-refractivity contribution is 5.88. The van der Waals surface area contributed by atoms with Crippen LogP contribution in [0, 0.1) is 40.9 Å². The number of hydrogen-bond donors (Lipinski definition) is 0. The van der Waals surface area contributed by atoms with Crippen LogP contribution in [-0.2, 0) is 4.79 Å². The Morgan fingerprint density at radius 2 is 1.93 bits per heavy atom. The van der Waals surface area contributed by atoms with Crippen LogP contribution < -0.4 is 0 Å². The van der Waals surface area contributed by atoms with E-state index in [2.05, 4.69) is 6.07 Å². The van der Waals surface area contributed by atoms with E-state index in [1.807, 2.05) is 13.8 Å². The summed E-state index contributed by atoms with van der Waals surface area (Å²) in [6.07, 6.45) is 3.73. The molecule has 0 heterocycles. The van der Waals surface area contributed by atoms with Gasteiger partial charge in [-0.15, -0.1) is 0 Å². The standard InChI is InChI=1S/C12H17NO/c1-7(2)10(6-13)12(14)11-8-4-3-5-9(8)11/h7-11H,3-5H2,1-2H3. The van der Waals surface area contributed by atoms with Crippen molar-refractivity contribution in [1.82, 2.24) is 0 Å². The molecule has 2 fully saturated rings. The summed E-state index contributed by atoms with van der Waals surface area (Å²) in [5.41, 5.74) is 0. The van der Waals surface area contributed by atoms with Gasteiger partial charge in [0.05, 0.1) is 6.07 Å². The Bertz CT molecular complexity index is 279. The summed E-state index contributed by atoms with van der Waals surface area (Å²) >= 11 is 0. The van der Waals surface area contributed by atoms with Gasteiger partial charge < -0.3 is 0 Å². The zero-order chi connectivity index (χ0) is 10.3. The number of carbonyl (C=O) groups is 1. The molecule has 2 rings (SSSR count). The first-order chi connectivity index (χ1) is 6.66. The molecule has 0 saturated heterocycles. The average molecular weight is 191 g/mol. The number of fused-ring (bicyclic) bond motifs is 1. The average Bonchev–Trinajstić information content (AvgIpc) is 2.61. The van der Waals surface area contributed by atoms with Crippen molar-refractivity contribution in [1.29, 1.82) is 5.26 Å². The number of carbonyl (C=O) groups excluding carboxylic acids is 1. The predicted molar refractivity (Wildman–Crippen MR) is 53.3 cm³/mol. The predicted octanol–water partition coefficient (Wildman–Crippen LogP) is 2.40. The minimum Gasteiger partial charge on any atom is -0.298 e. The molecule has 2 aliphatic carbocycles. The summed E-state index contributed by atoms with van der Waals surface area (Å²) < 4.78 is 0. The van der Waals surface area contributed by atoms with E-state index in [1.54, 1.807) is 0 Å². The first kappa shape index (κ1) is 9.71. The van der Waals surface area contributed by atoms with Crippen molar-refractivity contribution in [2.75, 3.05) is 0 Å². The summed E-state index contributed by atoms with van der Waals surface area (Å²) in [7, 11) is 0. The monoisotopic (exact) mass is 191 g/mol. The first-order valence-electron chi connectivity index (χ1n) is 5.60. The van der Waals surface area contributed by atoms with Gasteiger partial charge in [0.15, 0.2) is 5.78 Å². The Balaban J connectivity index is 2.00. The normalized spacial score (nSPS) is 36.3. The van der Waals surface area contributed by atoms with Gasteiger partial charge in [0, 0.05) is 5.92 Å². The van der Waals surface area contributed by atoms with Gasteiger partial charge in [-0.05, 0) is 30.6 Å². The molecule has 2 aliphatic rings. The quantitative estimate of drug-likeness (QED) is 0.687. The van der Waals surface area contributed by atoms with E-state index in [-0.39, 0.29) is 23.5 Å². The van der Waals surface area contributed by atoms with Crippen molar-refractivity contribution in [3.63, 3.8) is 0 Å². The molecule has 2 heteroatoms. The van der Waals surface area contributed by atoms with Gasteiger partial charge in [-0.1, -0.05) is 20.3 Å². The van der Waals surface area contributed by atoms with Gasteiger partial charge in [-0.3, -0.25) is 4.79 Å². The van der Waals surface area contributed by atoms with Crippen molar-refractivity contribution in [3.05, 3.63) is 0 Å². The maximum atomic E-state index is 12.0.